The number of rotatable bonds is 4. The second-order valence-electron chi connectivity index (χ2n) is 7.81. The molecule has 7 nitrogen and oxygen atoms in total. The fraction of sp³-hybridized carbons (Fsp3) is 0.524. The number of halogens is 2. The van der Waals surface area contributed by atoms with Crippen molar-refractivity contribution in [2.75, 3.05) is 30.4 Å². The molecule has 160 valence electrons. The predicted octanol–water partition coefficient (Wildman–Crippen LogP) is 3.64. The second-order valence-corrected chi connectivity index (χ2v) is 7.81. The number of hydrogen-bond donors (Lipinski definition) is 1. The minimum Gasteiger partial charge on any atom is -0.480 e. The van der Waals surface area contributed by atoms with Crippen molar-refractivity contribution in [1.82, 2.24) is 15.2 Å². The van der Waals surface area contributed by atoms with Gasteiger partial charge in [-0.3, -0.25) is 4.79 Å². The average molecular weight is 417 g/mol. The fourth-order valence-electron chi connectivity index (χ4n) is 4.02. The fourth-order valence-corrected chi connectivity index (χ4v) is 4.02. The van der Waals surface area contributed by atoms with Gasteiger partial charge in [-0.2, -0.15) is 5.10 Å². The summed E-state index contributed by atoms with van der Waals surface area (Å²) < 4.78 is 32.8. The zero-order valence-electron chi connectivity index (χ0n) is 17.0. The van der Waals surface area contributed by atoms with Crippen LogP contribution in [0, 0.1) is 0 Å². The van der Waals surface area contributed by atoms with Crippen molar-refractivity contribution in [3.63, 3.8) is 0 Å². The number of hydrogen-bond acceptors (Lipinski definition) is 6. The molecule has 2 aromatic heterocycles. The molecule has 0 radical (unpaired) electrons. The van der Waals surface area contributed by atoms with Gasteiger partial charge in [0, 0.05) is 37.7 Å². The molecule has 1 aliphatic carbocycles. The first-order valence-electron chi connectivity index (χ1n) is 10.3. The Morgan fingerprint density at radius 2 is 2.00 bits per heavy atom. The Balaban J connectivity index is 1.67. The molecule has 0 unspecified atom stereocenters. The topological polar surface area (TPSA) is 80.2 Å². The van der Waals surface area contributed by atoms with E-state index in [4.69, 9.17) is 9.72 Å². The lowest BCUT2D eigenvalue weighted by molar-refractivity contribution is -0.0102. The lowest BCUT2D eigenvalue weighted by atomic mass is 9.94. The lowest BCUT2D eigenvalue weighted by Crippen LogP contribution is -2.30. The molecule has 30 heavy (non-hydrogen) atoms. The lowest BCUT2D eigenvalue weighted by Gasteiger charge is -2.27. The first kappa shape index (κ1) is 20.4. The SMILES string of the molecule is COc1cc(NC(=O)c2cc3c(nc2N2CCCC(F)(F)CC2)CCCC3)cnn1. The summed E-state index contributed by atoms with van der Waals surface area (Å²) in [6, 6.07) is 3.45. The summed E-state index contributed by atoms with van der Waals surface area (Å²) >= 11 is 0. The van der Waals surface area contributed by atoms with E-state index in [0.717, 1.165) is 36.9 Å². The quantitative estimate of drug-likeness (QED) is 0.818. The number of nitrogens with zero attached hydrogens (tertiary/aromatic N) is 4. The van der Waals surface area contributed by atoms with Crippen LogP contribution in [0.15, 0.2) is 18.3 Å². The van der Waals surface area contributed by atoms with Gasteiger partial charge >= 0.3 is 0 Å². The molecule has 0 aromatic carbocycles. The summed E-state index contributed by atoms with van der Waals surface area (Å²) in [5.41, 5.74) is 2.87. The van der Waals surface area contributed by atoms with Crippen LogP contribution in [0.5, 0.6) is 5.88 Å². The maximum absolute atomic E-state index is 13.9. The van der Waals surface area contributed by atoms with Crippen molar-refractivity contribution in [3.05, 3.63) is 35.2 Å². The number of ether oxygens (including phenoxy) is 1. The third kappa shape index (κ3) is 4.49. The van der Waals surface area contributed by atoms with E-state index in [1.165, 1.54) is 13.3 Å². The first-order valence-corrected chi connectivity index (χ1v) is 10.3. The van der Waals surface area contributed by atoms with E-state index in [1.807, 2.05) is 11.0 Å². The van der Waals surface area contributed by atoms with E-state index >= 15 is 0 Å². The van der Waals surface area contributed by atoms with Crippen molar-refractivity contribution >= 4 is 17.4 Å². The van der Waals surface area contributed by atoms with Crippen molar-refractivity contribution < 1.29 is 18.3 Å². The van der Waals surface area contributed by atoms with Gasteiger partial charge in [-0.15, -0.1) is 5.10 Å². The summed E-state index contributed by atoms with van der Waals surface area (Å²) in [4.78, 5) is 19.8. The molecule has 0 atom stereocenters. The Hall–Kier alpha value is -2.84. The van der Waals surface area contributed by atoms with Crippen molar-refractivity contribution in [1.29, 1.82) is 0 Å². The largest absolute Gasteiger partial charge is 0.480 e. The van der Waals surface area contributed by atoms with E-state index in [-0.39, 0.29) is 31.2 Å². The Morgan fingerprint density at radius 1 is 1.17 bits per heavy atom. The maximum Gasteiger partial charge on any atom is 0.259 e. The van der Waals surface area contributed by atoms with Crippen LogP contribution in [-0.4, -0.2) is 47.2 Å². The molecule has 0 spiro atoms. The molecular weight excluding hydrogens is 392 g/mol. The second kappa shape index (κ2) is 8.49. The van der Waals surface area contributed by atoms with Gasteiger partial charge in [0.1, 0.15) is 5.82 Å². The normalized spacial score (nSPS) is 18.3. The Kier molecular flexibility index (Phi) is 5.78. The van der Waals surface area contributed by atoms with Crippen LogP contribution in [0.4, 0.5) is 20.3 Å². The number of carbonyl (C=O) groups is 1. The van der Waals surface area contributed by atoms with Gasteiger partial charge in [0.05, 0.1) is 24.6 Å². The number of methoxy groups -OCH3 is 1. The number of anilines is 2. The van der Waals surface area contributed by atoms with Gasteiger partial charge in [-0.1, -0.05) is 0 Å². The average Bonchev–Trinajstić information content (AvgIpc) is 2.93. The summed E-state index contributed by atoms with van der Waals surface area (Å²) in [6.45, 7) is 0.621. The highest BCUT2D eigenvalue weighted by atomic mass is 19.3. The molecule has 1 amide bonds. The van der Waals surface area contributed by atoms with Crippen LogP contribution in [0.25, 0.3) is 0 Å². The molecule has 1 aliphatic heterocycles. The van der Waals surface area contributed by atoms with Crippen LogP contribution < -0.4 is 15.0 Å². The minimum atomic E-state index is -2.68. The molecule has 2 aliphatic rings. The van der Waals surface area contributed by atoms with Gasteiger partial charge in [-0.05, 0) is 43.7 Å². The predicted molar refractivity (Wildman–Crippen MR) is 108 cm³/mol. The maximum atomic E-state index is 13.9. The molecular formula is C21H25F2N5O2. The summed E-state index contributed by atoms with van der Waals surface area (Å²) in [5.74, 6) is -2.26. The first-order chi connectivity index (χ1) is 14.4. The molecule has 1 fully saturated rings. The minimum absolute atomic E-state index is 0.140. The van der Waals surface area contributed by atoms with E-state index in [2.05, 4.69) is 15.5 Å². The molecule has 0 saturated carbocycles. The number of aromatic nitrogens is 3. The Bertz CT molecular complexity index is 938. The highest BCUT2D eigenvalue weighted by Gasteiger charge is 2.33. The zero-order chi connectivity index (χ0) is 21.1. The number of nitrogens with one attached hydrogen (secondary N) is 1. The van der Waals surface area contributed by atoms with Gasteiger partial charge in [0.25, 0.3) is 5.91 Å². The molecule has 9 heteroatoms. The van der Waals surface area contributed by atoms with Gasteiger partial charge in [0.15, 0.2) is 0 Å². The third-order valence-corrected chi connectivity index (χ3v) is 5.64. The van der Waals surface area contributed by atoms with E-state index < -0.39 is 5.92 Å². The summed E-state index contributed by atoms with van der Waals surface area (Å²) in [5, 5.41) is 10.4. The third-order valence-electron chi connectivity index (χ3n) is 5.64. The van der Waals surface area contributed by atoms with Gasteiger partial charge in [0.2, 0.25) is 11.8 Å². The molecule has 4 rings (SSSR count). The Morgan fingerprint density at radius 3 is 2.83 bits per heavy atom. The molecule has 3 heterocycles. The molecule has 1 saturated heterocycles. The highest BCUT2D eigenvalue weighted by Crippen LogP contribution is 2.33. The number of alkyl halides is 2. The number of pyridine rings is 1. The Labute approximate surface area is 173 Å². The van der Waals surface area contributed by atoms with Gasteiger partial charge in [-0.25, -0.2) is 13.8 Å². The van der Waals surface area contributed by atoms with Crippen LogP contribution in [0.2, 0.25) is 0 Å². The number of aryl methyl sites for hydroxylation is 2. The van der Waals surface area contributed by atoms with E-state index in [1.54, 1.807) is 6.07 Å². The number of fused-ring (bicyclic) bond motifs is 1. The smallest absolute Gasteiger partial charge is 0.259 e. The summed E-state index contributed by atoms with van der Waals surface area (Å²) in [6.07, 6.45) is 5.22. The monoisotopic (exact) mass is 417 g/mol. The molecule has 0 bridgehead atoms. The van der Waals surface area contributed by atoms with Crippen LogP contribution in [0.3, 0.4) is 0 Å². The highest BCUT2D eigenvalue weighted by molar-refractivity contribution is 6.07. The number of carbonyl (C=O) groups excluding carboxylic acids is 1. The van der Waals surface area contributed by atoms with Crippen LogP contribution >= 0.6 is 0 Å². The van der Waals surface area contributed by atoms with Crippen molar-refractivity contribution in [2.45, 2.75) is 50.9 Å². The van der Waals surface area contributed by atoms with E-state index in [0.29, 0.717) is 30.0 Å². The van der Waals surface area contributed by atoms with Crippen molar-refractivity contribution in [3.8, 4) is 5.88 Å². The van der Waals surface area contributed by atoms with E-state index in [9.17, 15) is 13.6 Å². The number of amides is 1. The molecule has 2 aromatic rings. The molecule has 1 N–H and O–H groups in total. The van der Waals surface area contributed by atoms with Crippen LogP contribution in [-0.2, 0) is 12.8 Å². The zero-order valence-corrected chi connectivity index (χ0v) is 17.0. The summed E-state index contributed by atoms with van der Waals surface area (Å²) in [7, 11) is 1.47. The van der Waals surface area contributed by atoms with Crippen LogP contribution in [0.1, 0.15) is 53.7 Å². The standard InChI is InChI=1S/C21H25F2N5O2/c1-30-18-12-15(13-24-27-18)25-20(29)16-11-14-5-2-3-6-17(14)26-19(16)28-9-4-7-21(22,23)8-10-28/h11-13H,2-10H2,1H3,(H,25,27,29). The van der Waals surface area contributed by atoms with Gasteiger partial charge < -0.3 is 15.0 Å². The van der Waals surface area contributed by atoms with Crippen molar-refractivity contribution in [2.24, 2.45) is 0 Å².